The number of para-hydroxylation sites is 1. The van der Waals surface area contributed by atoms with Crippen LogP contribution in [0.3, 0.4) is 0 Å². The zero-order valence-electron chi connectivity index (χ0n) is 13.8. The average Bonchev–Trinajstić information content (AvgIpc) is 2.94. The van der Waals surface area contributed by atoms with E-state index in [9.17, 15) is 19.2 Å². The van der Waals surface area contributed by atoms with Crippen LogP contribution in [0.25, 0.3) is 0 Å². The van der Waals surface area contributed by atoms with E-state index in [1.807, 2.05) is 0 Å². The van der Waals surface area contributed by atoms with Crippen LogP contribution < -0.4 is 4.90 Å². The molecule has 7 heteroatoms. The van der Waals surface area contributed by atoms with Crippen LogP contribution in [0.5, 0.6) is 0 Å². The van der Waals surface area contributed by atoms with Crippen LogP contribution in [-0.4, -0.2) is 35.1 Å². The molecule has 0 bridgehead atoms. The van der Waals surface area contributed by atoms with E-state index in [0.29, 0.717) is 33.7 Å². The number of hydrogen-bond acceptors (Lipinski definition) is 5. The Morgan fingerprint density at radius 3 is 2.12 bits per heavy atom. The lowest BCUT2D eigenvalue weighted by Crippen LogP contribution is -2.34. The normalized spacial score (nSPS) is 17.6. The fourth-order valence-electron chi connectivity index (χ4n) is 2.92. The predicted octanol–water partition coefficient (Wildman–Crippen LogP) is 1.65. The second-order valence-electron chi connectivity index (χ2n) is 5.96. The fraction of sp³-hybridized carbons (Fsp3) is 0.222. The first-order chi connectivity index (χ1) is 11.8. The Morgan fingerprint density at radius 1 is 0.920 bits per heavy atom. The van der Waals surface area contributed by atoms with Crippen LogP contribution in [-0.2, 0) is 25.6 Å². The highest BCUT2D eigenvalue weighted by atomic mass is 32.1. The molecular formula is C18H16N2O4S. The number of carbonyl (C=O) groups is 4. The van der Waals surface area contributed by atoms with Crippen LogP contribution in [0.4, 0.5) is 5.69 Å². The van der Waals surface area contributed by atoms with E-state index < -0.39 is 11.8 Å². The number of thiol groups is 1. The van der Waals surface area contributed by atoms with E-state index in [1.54, 1.807) is 32.0 Å². The summed E-state index contributed by atoms with van der Waals surface area (Å²) in [6.07, 6.45) is 2.91. The van der Waals surface area contributed by atoms with Crippen molar-refractivity contribution in [2.75, 3.05) is 11.4 Å². The number of carbonyl (C=O) groups excluding carboxylic acids is 4. The van der Waals surface area contributed by atoms with Crippen molar-refractivity contribution in [3.8, 4) is 0 Å². The van der Waals surface area contributed by atoms with E-state index in [-0.39, 0.29) is 18.4 Å². The average molecular weight is 356 g/mol. The maximum Gasteiger partial charge on any atom is 0.261 e. The van der Waals surface area contributed by atoms with Gasteiger partial charge in [-0.3, -0.25) is 24.1 Å². The van der Waals surface area contributed by atoms with Crippen molar-refractivity contribution < 1.29 is 19.2 Å². The molecule has 1 aromatic carbocycles. The van der Waals surface area contributed by atoms with Crippen molar-refractivity contribution in [1.29, 1.82) is 0 Å². The van der Waals surface area contributed by atoms with Crippen molar-refractivity contribution in [3.63, 3.8) is 0 Å². The number of imide groups is 2. The van der Waals surface area contributed by atoms with Crippen molar-refractivity contribution in [2.24, 2.45) is 0 Å². The summed E-state index contributed by atoms with van der Waals surface area (Å²) in [7, 11) is 0. The van der Waals surface area contributed by atoms with Gasteiger partial charge in [-0.25, -0.2) is 4.90 Å². The third-order valence-electron chi connectivity index (χ3n) is 4.22. The van der Waals surface area contributed by atoms with Crippen molar-refractivity contribution in [3.05, 3.63) is 47.1 Å². The van der Waals surface area contributed by atoms with Crippen LogP contribution in [0.1, 0.15) is 19.4 Å². The van der Waals surface area contributed by atoms with Crippen molar-refractivity contribution in [1.82, 2.24) is 4.90 Å². The molecule has 128 valence electrons. The zero-order chi connectivity index (χ0) is 18.3. The standard InChI is InChI=1S/C18H16N2O4S/c1-10-8-14(21)19(17(10)23)7-6-12-4-3-5-13(25)16(12)20-15(22)9-11(2)18(20)24/h3-5,8-9,25H,6-7H2,1-2H3. The first-order valence-corrected chi connectivity index (χ1v) is 8.17. The monoisotopic (exact) mass is 356 g/mol. The first kappa shape index (κ1) is 17.2. The molecule has 3 rings (SSSR count). The van der Waals surface area contributed by atoms with E-state index >= 15 is 0 Å². The van der Waals surface area contributed by atoms with Gasteiger partial charge < -0.3 is 0 Å². The number of hydrogen-bond donors (Lipinski definition) is 1. The molecule has 0 radical (unpaired) electrons. The third kappa shape index (κ3) is 2.91. The maximum absolute atomic E-state index is 12.3. The molecule has 0 spiro atoms. The first-order valence-electron chi connectivity index (χ1n) is 7.73. The van der Waals surface area contributed by atoms with Gasteiger partial charge >= 0.3 is 0 Å². The van der Waals surface area contributed by atoms with Crippen LogP contribution in [0.2, 0.25) is 0 Å². The number of amides is 4. The Kier molecular flexibility index (Phi) is 4.34. The van der Waals surface area contributed by atoms with Gasteiger partial charge in [-0.1, -0.05) is 12.1 Å². The lowest BCUT2D eigenvalue weighted by atomic mass is 10.1. The van der Waals surface area contributed by atoms with Gasteiger partial charge in [0, 0.05) is 34.7 Å². The van der Waals surface area contributed by atoms with Crippen LogP contribution in [0.15, 0.2) is 46.4 Å². The van der Waals surface area contributed by atoms with Gasteiger partial charge in [0.2, 0.25) is 0 Å². The number of anilines is 1. The van der Waals surface area contributed by atoms with E-state index in [0.717, 1.165) is 9.80 Å². The summed E-state index contributed by atoms with van der Waals surface area (Å²) in [5.74, 6) is -1.48. The van der Waals surface area contributed by atoms with Gasteiger partial charge in [0.25, 0.3) is 23.6 Å². The van der Waals surface area contributed by atoms with Gasteiger partial charge in [0.15, 0.2) is 0 Å². The molecule has 0 unspecified atom stereocenters. The molecule has 0 fully saturated rings. The smallest absolute Gasteiger partial charge is 0.261 e. The van der Waals surface area contributed by atoms with Crippen molar-refractivity contribution >= 4 is 41.9 Å². The highest BCUT2D eigenvalue weighted by molar-refractivity contribution is 7.80. The lowest BCUT2D eigenvalue weighted by molar-refractivity contribution is -0.137. The highest BCUT2D eigenvalue weighted by Gasteiger charge is 2.33. The minimum absolute atomic E-state index is 0.165. The predicted molar refractivity (Wildman–Crippen MR) is 94.1 cm³/mol. The van der Waals surface area contributed by atoms with E-state index in [2.05, 4.69) is 12.6 Å². The topological polar surface area (TPSA) is 74.8 Å². The number of nitrogens with zero attached hydrogens (tertiary/aromatic N) is 2. The summed E-state index contributed by atoms with van der Waals surface area (Å²) >= 11 is 4.38. The summed E-state index contributed by atoms with van der Waals surface area (Å²) < 4.78 is 0. The van der Waals surface area contributed by atoms with Gasteiger partial charge in [0.05, 0.1) is 5.69 Å². The molecule has 6 nitrogen and oxygen atoms in total. The van der Waals surface area contributed by atoms with Gasteiger partial charge in [-0.2, -0.15) is 0 Å². The largest absolute Gasteiger partial charge is 0.275 e. The highest BCUT2D eigenvalue weighted by Crippen LogP contribution is 2.33. The molecule has 0 aromatic heterocycles. The summed E-state index contributed by atoms with van der Waals surface area (Å²) in [5.41, 5.74) is 1.83. The Labute approximate surface area is 150 Å². The Bertz CT molecular complexity index is 885. The molecule has 0 saturated carbocycles. The number of benzene rings is 1. The molecule has 0 saturated heterocycles. The third-order valence-corrected chi connectivity index (χ3v) is 4.58. The Balaban J connectivity index is 1.88. The lowest BCUT2D eigenvalue weighted by Gasteiger charge is -2.22. The molecule has 0 N–H and O–H groups in total. The Hall–Kier alpha value is -2.67. The van der Waals surface area contributed by atoms with Gasteiger partial charge in [-0.15, -0.1) is 12.6 Å². The fourth-order valence-corrected chi connectivity index (χ4v) is 3.25. The van der Waals surface area contributed by atoms with E-state index in [1.165, 1.54) is 12.2 Å². The second-order valence-corrected chi connectivity index (χ2v) is 6.45. The summed E-state index contributed by atoms with van der Waals surface area (Å²) in [5, 5.41) is 0. The summed E-state index contributed by atoms with van der Waals surface area (Å²) in [6, 6.07) is 5.20. The molecule has 0 aliphatic carbocycles. The SMILES string of the molecule is CC1=CC(=O)N(CCc2cccc(S)c2N2C(=O)C=C(C)C2=O)C1=O. The molecule has 4 amide bonds. The molecule has 2 aliphatic rings. The second kappa shape index (κ2) is 6.33. The molecular weight excluding hydrogens is 340 g/mol. The maximum atomic E-state index is 12.3. The Morgan fingerprint density at radius 2 is 1.56 bits per heavy atom. The zero-order valence-corrected chi connectivity index (χ0v) is 14.7. The van der Waals surface area contributed by atoms with E-state index in [4.69, 9.17) is 0 Å². The quantitative estimate of drug-likeness (QED) is 0.658. The van der Waals surface area contributed by atoms with Gasteiger partial charge in [-0.05, 0) is 31.9 Å². The molecule has 2 heterocycles. The molecule has 25 heavy (non-hydrogen) atoms. The van der Waals surface area contributed by atoms with Crippen molar-refractivity contribution in [2.45, 2.75) is 25.2 Å². The minimum atomic E-state index is -0.420. The number of rotatable bonds is 4. The minimum Gasteiger partial charge on any atom is -0.275 e. The van der Waals surface area contributed by atoms with Gasteiger partial charge in [0.1, 0.15) is 0 Å². The molecule has 2 aliphatic heterocycles. The molecule has 1 aromatic rings. The summed E-state index contributed by atoms with van der Waals surface area (Å²) in [6.45, 7) is 3.34. The van der Waals surface area contributed by atoms with Crippen LogP contribution >= 0.6 is 12.6 Å². The summed E-state index contributed by atoms with van der Waals surface area (Å²) in [4.78, 5) is 51.0. The van der Waals surface area contributed by atoms with Crippen LogP contribution in [0, 0.1) is 0 Å². The molecule has 0 atom stereocenters.